The first-order valence-electron chi connectivity index (χ1n) is 6.27. The second kappa shape index (κ2) is 5.64. The van der Waals surface area contributed by atoms with Crippen molar-refractivity contribution in [3.63, 3.8) is 0 Å². The highest BCUT2D eigenvalue weighted by Gasteiger charge is 2.19. The Morgan fingerprint density at radius 3 is 2.84 bits per heavy atom. The van der Waals surface area contributed by atoms with Gasteiger partial charge in [-0.05, 0) is 31.5 Å². The van der Waals surface area contributed by atoms with Crippen molar-refractivity contribution < 1.29 is 14.1 Å². The summed E-state index contributed by atoms with van der Waals surface area (Å²) in [4.78, 5) is 15.5. The van der Waals surface area contributed by atoms with E-state index in [4.69, 9.17) is 9.26 Å². The number of aryl methyl sites for hydroxylation is 2. The van der Waals surface area contributed by atoms with Crippen molar-refractivity contribution in [1.29, 1.82) is 0 Å². The molecule has 0 saturated carbocycles. The maximum absolute atomic E-state index is 11.5. The topological polar surface area (TPSA) is 83.0 Å². The summed E-state index contributed by atoms with van der Waals surface area (Å²) < 4.78 is 11.7. The fourth-order valence-electron chi connectivity index (χ4n) is 1.66. The van der Waals surface area contributed by atoms with Crippen LogP contribution in [0.4, 0.5) is 0 Å². The van der Waals surface area contributed by atoms with Crippen LogP contribution >= 0.6 is 0 Å². The Morgan fingerprint density at radius 1 is 1.42 bits per heavy atom. The molecule has 102 valence electrons. The molecule has 0 unspecified atom stereocenters. The van der Waals surface area contributed by atoms with E-state index in [-0.39, 0.29) is 18.3 Å². The third-order valence-corrected chi connectivity index (χ3v) is 2.60. The number of hydrogen-bond donors (Lipinski definition) is 0. The summed E-state index contributed by atoms with van der Waals surface area (Å²) in [6.07, 6.45) is 0.818. The number of nitrogens with zero attached hydrogens (tertiary/aromatic N) is 4. The molecule has 7 heteroatoms. The van der Waals surface area contributed by atoms with Gasteiger partial charge < -0.3 is 9.26 Å². The third-order valence-electron chi connectivity index (χ3n) is 2.60. The molecule has 0 N–H and O–H groups in total. The summed E-state index contributed by atoms with van der Waals surface area (Å²) in [7, 11) is 0. The lowest BCUT2D eigenvalue weighted by Crippen LogP contribution is -2.06. The maximum atomic E-state index is 11.5. The van der Waals surface area contributed by atoms with Gasteiger partial charge in [0.25, 0.3) is 11.7 Å². The molecule has 0 aromatic carbocycles. The Balaban J connectivity index is 2.32. The number of aromatic nitrogens is 4. The molecular weight excluding hydrogens is 248 g/mol. The van der Waals surface area contributed by atoms with Gasteiger partial charge in [0.05, 0.1) is 12.3 Å². The molecule has 2 heterocycles. The Bertz CT molecular complexity index is 573. The highest BCUT2D eigenvalue weighted by atomic mass is 16.5. The molecule has 0 fully saturated rings. The molecule has 0 aliphatic rings. The zero-order valence-corrected chi connectivity index (χ0v) is 11.2. The number of carbonyl (C=O) groups is 1. The Morgan fingerprint density at radius 2 is 2.21 bits per heavy atom. The van der Waals surface area contributed by atoms with Gasteiger partial charge in [0.1, 0.15) is 5.69 Å². The molecule has 0 spiro atoms. The van der Waals surface area contributed by atoms with Crippen LogP contribution in [-0.2, 0) is 17.7 Å². The van der Waals surface area contributed by atoms with Crippen molar-refractivity contribution in [3.05, 3.63) is 17.6 Å². The molecule has 0 radical (unpaired) electrons. The SMILES string of the molecule is CCOC(=O)c1noc(-c2cc(CC)nn2CC)n1. The molecular formula is C12H16N4O3. The maximum Gasteiger partial charge on any atom is 0.379 e. The minimum absolute atomic E-state index is 0.0706. The lowest BCUT2D eigenvalue weighted by atomic mass is 10.3. The fourth-order valence-corrected chi connectivity index (χ4v) is 1.66. The summed E-state index contributed by atoms with van der Waals surface area (Å²) >= 11 is 0. The zero-order valence-electron chi connectivity index (χ0n) is 11.2. The summed E-state index contributed by atoms with van der Waals surface area (Å²) in [5.41, 5.74) is 1.65. The van der Waals surface area contributed by atoms with Crippen LogP contribution in [0.2, 0.25) is 0 Å². The molecule has 0 aliphatic carbocycles. The van der Waals surface area contributed by atoms with E-state index >= 15 is 0 Å². The Hall–Kier alpha value is -2.18. The number of ether oxygens (including phenoxy) is 1. The van der Waals surface area contributed by atoms with Crippen molar-refractivity contribution in [2.24, 2.45) is 0 Å². The quantitative estimate of drug-likeness (QED) is 0.764. The molecule has 7 nitrogen and oxygen atoms in total. The Kier molecular flexibility index (Phi) is 3.94. The highest BCUT2D eigenvalue weighted by molar-refractivity contribution is 5.85. The smallest absolute Gasteiger partial charge is 0.379 e. The largest absolute Gasteiger partial charge is 0.460 e. The van der Waals surface area contributed by atoms with Gasteiger partial charge in [-0.25, -0.2) is 4.79 Å². The van der Waals surface area contributed by atoms with E-state index in [1.807, 2.05) is 19.9 Å². The second-order valence-corrected chi connectivity index (χ2v) is 3.83. The first-order chi connectivity index (χ1) is 9.19. The summed E-state index contributed by atoms with van der Waals surface area (Å²) in [6, 6.07) is 1.88. The molecule has 2 rings (SSSR count). The van der Waals surface area contributed by atoms with Crippen LogP contribution in [0, 0.1) is 0 Å². The third kappa shape index (κ3) is 2.64. The predicted molar refractivity (Wildman–Crippen MR) is 66.5 cm³/mol. The van der Waals surface area contributed by atoms with Crippen LogP contribution in [0.1, 0.15) is 37.1 Å². The van der Waals surface area contributed by atoms with E-state index in [1.54, 1.807) is 11.6 Å². The van der Waals surface area contributed by atoms with Crippen molar-refractivity contribution >= 4 is 5.97 Å². The summed E-state index contributed by atoms with van der Waals surface area (Å²) in [5, 5.41) is 8.01. The lowest BCUT2D eigenvalue weighted by molar-refractivity contribution is 0.0508. The minimum atomic E-state index is -0.587. The standard InChI is InChI=1S/C12H16N4O3/c1-4-8-7-9(16(5-2)14-8)11-13-10(15-19-11)12(17)18-6-3/h7H,4-6H2,1-3H3. The van der Waals surface area contributed by atoms with E-state index in [0.29, 0.717) is 12.2 Å². The van der Waals surface area contributed by atoms with E-state index in [9.17, 15) is 4.79 Å². The molecule has 2 aromatic rings. The van der Waals surface area contributed by atoms with E-state index in [1.165, 1.54) is 0 Å². The predicted octanol–water partition coefficient (Wildman–Crippen LogP) is 1.69. The van der Waals surface area contributed by atoms with E-state index < -0.39 is 5.97 Å². The normalized spacial score (nSPS) is 10.7. The summed E-state index contributed by atoms with van der Waals surface area (Å²) in [6.45, 7) is 6.67. The monoisotopic (exact) mass is 264 g/mol. The second-order valence-electron chi connectivity index (χ2n) is 3.83. The zero-order chi connectivity index (χ0) is 13.8. The lowest BCUT2D eigenvalue weighted by Gasteiger charge is -1.98. The van der Waals surface area contributed by atoms with Crippen molar-refractivity contribution in [2.75, 3.05) is 6.61 Å². The fraction of sp³-hybridized carbons (Fsp3) is 0.500. The molecule has 0 saturated heterocycles. The van der Waals surface area contributed by atoms with Crippen LogP contribution < -0.4 is 0 Å². The molecule has 2 aromatic heterocycles. The van der Waals surface area contributed by atoms with Gasteiger partial charge in [-0.2, -0.15) is 10.1 Å². The van der Waals surface area contributed by atoms with E-state index in [0.717, 1.165) is 12.1 Å². The van der Waals surface area contributed by atoms with Gasteiger partial charge in [0, 0.05) is 6.54 Å². The molecule has 0 amide bonds. The van der Waals surface area contributed by atoms with Crippen LogP contribution in [0.15, 0.2) is 10.6 Å². The molecule has 0 atom stereocenters. The average Bonchev–Trinajstić information content (AvgIpc) is 3.05. The van der Waals surface area contributed by atoms with Crippen LogP contribution in [0.5, 0.6) is 0 Å². The van der Waals surface area contributed by atoms with Gasteiger partial charge in [0.15, 0.2) is 0 Å². The molecule has 19 heavy (non-hydrogen) atoms. The van der Waals surface area contributed by atoms with E-state index in [2.05, 4.69) is 15.2 Å². The van der Waals surface area contributed by atoms with Crippen molar-refractivity contribution in [3.8, 4) is 11.6 Å². The first kappa shape index (κ1) is 13.3. The van der Waals surface area contributed by atoms with Gasteiger partial charge in [-0.1, -0.05) is 6.92 Å². The highest BCUT2D eigenvalue weighted by Crippen LogP contribution is 2.19. The number of carbonyl (C=O) groups excluding carboxylic acids is 1. The van der Waals surface area contributed by atoms with Gasteiger partial charge >= 0.3 is 5.97 Å². The van der Waals surface area contributed by atoms with Crippen molar-refractivity contribution in [1.82, 2.24) is 19.9 Å². The van der Waals surface area contributed by atoms with Gasteiger partial charge in [-0.15, -0.1) is 0 Å². The van der Waals surface area contributed by atoms with Gasteiger partial charge in [0.2, 0.25) is 0 Å². The number of esters is 1. The van der Waals surface area contributed by atoms with Crippen LogP contribution in [-0.4, -0.2) is 32.5 Å². The minimum Gasteiger partial charge on any atom is -0.460 e. The first-order valence-corrected chi connectivity index (χ1v) is 6.27. The van der Waals surface area contributed by atoms with Crippen LogP contribution in [0.3, 0.4) is 0 Å². The van der Waals surface area contributed by atoms with Crippen molar-refractivity contribution in [2.45, 2.75) is 33.7 Å². The Labute approximate surface area is 110 Å². The number of rotatable bonds is 5. The van der Waals surface area contributed by atoms with Crippen LogP contribution in [0.25, 0.3) is 11.6 Å². The molecule has 0 aliphatic heterocycles. The average molecular weight is 264 g/mol. The molecule has 0 bridgehead atoms. The number of hydrogen-bond acceptors (Lipinski definition) is 6. The van der Waals surface area contributed by atoms with Gasteiger partial charge in [-0.3, -0.25) is 4.68 Å². The summed E-state index contributed by atoms with van der Waals surface area (Å²) in [5.74, 6) is -0.383.